The third-order valence-electron chi connectivity index (χ3n) is 2.94. The Bertz CT molecular complexity index is 561. The first-order chi connectivity index (χ1) is 9.11. The van der Waals surface area contributed by atoms with Gasteiger partial charge >= 0.3 is 0 Å². The van der Waals surface area contributed by atoms with Crippen molar-refractivity contribution in [2.45, 2.75) is 33.2 Å². The minimum atomic E-state index is -0.236. The van der Waals surface area contributed by atoms with Gasteiger partial charge in [0.05, 0.1) is 17.4 Å². The molecular formula is C13H17N5O. The number of amides is 1. The van der Waals surface area contributed by atoms with Gasteiger partial charge < -0.3 is 5.32 Å². The largest absolute Gasteiger partial charge is 0.342 e. The van der Waals surface area contributed by atoms with Crippen LogP contribution >= 0.6 is 0 Å². The summed E-state index contributed by atoms with van der Waals surface area (Å²) in [5.74, 6) is -0.236. The molecule has 0 aliphatic heterocycles. The lowest BCUT2D eigenvalue weighted by molar-refractivity contribution is 0.0929. The number of hydrogen-bond donors (Lipinski definition) is 2. The number of rotatable bonds is 4. The van der Waals surface area contributed by atoms with E-state index in [2.05, 4.69) is 25.7 Å². The van der Waals surface area contributed by atoms with Crippen molar-refractivity contribution in [2.24, 2.45) is 0 Å². The quantitative estimate of drug-likeness (QED) is 0.875. The van der Waals surface area contributed by atoms with Crippen molar-refractivity contribution >= 4 is 5.91 Å². The summed E-state index contributed by atoms with van der Waals surface area (Å²) in [4.78, 5) is 16.4. The summed E-state index contributed by atoms with van der Waals surface area (Å²) in [5.41, 5.74) is 2.86. The smallest absolute Gasteiger partial charge is 0.274 e. The lowest BCUT2D eigenvalue weighted by Crippen LogP contribution is -2.29. The molecule has 1 atom stereocenters. The predicted molar refractivity (Wildman–Crippen MR) is 70.6 cm³/mol. The molecule has 19 heavy (non-hydrogen) atoms. The van der Waals surface area contributed by atoms with Crippen LogP contribution in [-0.2, 0) is 0 Å². The molecule has 0 aliphatic rings. The zero-order valence-corrected chi connectivity index (χ0v) is 11.3. The highest BCUT2D eigenvalue weighted by Crippen LogP contribution is 2.15. The van der Waals surface area contributed by atoms with Crippen LogP contribution in [-0.4, -0.2) is 26.3 Å². The Morgan fingerprint density at radius 2 is 2.16 bits per heavy atom. The topological polar surface area (TPSA) is 83.6 Å². The number of nitrogens with one attached hydrogen (secondary N) is 2. The van der Waals surface area contributed by atoms with Crippen molar-refractivity contribution < 1.29 is 4.79 Å². The summed E-state index contributed by atoms with van der Waals surface area (Å²) >= 11 is 0. The fourth-order valence-electron chi connectivity index (χ4n) is 1.80. The molecule has 2 rings (SSSR count). The maximum Gasteiger partial charge on any atom is 0.274 e. The first-order valence-electron chi connectivity index (χ1n) is 6.22. The number of H-pyrrole nitrogens is 1. The van der Waals surface area contributed by atoms with Crippen LogP contribution in [0.2, 0.25) is 0 Å². The Balaban J connectivity index is 2.13. The summed E-state index contributed by atoms with van der Waals surface area (Å²) in [6.45, 7) is 5.72. The minimum absolute atomic E-state index is 0.121. The molecule has 6 nitrogen and oxygen atoms in total. The number of aromatic amines is 1. The number of carbonyl (C=O) groups is 1. The van der Waals surface area contributed by atoms with Gasteiger partial charge in [-0.25, -0.2) is 0 Å². The summed E-state index contributed by atoms with van der Waals surface area (Å²) < 4.78 is 0. The van der Waals surface area contributed by atoms with Gasteiger partial charge in [0.15, 0.2) is 5.69 Å². The van der Waals surface area contributed by atoms with Gasteiger partial charge in [0, 0.05) is 6.20 Å². The normalized spacial score (nSPS) is 12.2. The number of aryl methyl sites for hydroxylation is 2. The fraction of sp³-hybridized carbons (Fsp3) is 0.385. The molecule has 6 heteroatoms. The van der Waals surface area contributed by atoms with Crippen molar-refractivity contribution in [3.05, 3.63) is 41.0 Å². The molecule has 0 saturated heterocycles. The third-order valence-corrected chi connectivity index (χ3v) is 2.94. The van der Waals surface area contributed by atoms with E-state index in [1.807, 2.05) is 26.0 Å². The molecule has 2 N–H and O–H groups in total. The van der Waals surface area contributed by atoms with Crippen molar-refractivity contribution in [1.82, 2.24) is 25.7 Å². The molecule has 0 unspecified atom stereocenters. The predicted octanol–water partition coefficient (Wildman–Crippen LogP) is 1.70. The summed E-state index contributed by atoms with van der Waals surface area (Å²) in [5, 5.41) is 13.0. The molecule has 2 aromatic heterocycles. The lowest BCUT2D eigenvalue weighted by atomic mass is 10.1. The highest BCUT2D eigenvalue weighted by Gasteiger charge is 2.18. The van der Waals surface area contributed by atoms with Crippen molar-refractivity contribution in [2.75, 3.05) is 0 Å². The van der Waals surface area contributed by atoms with E-state index in [0.29, 0.717) is 11.4 Å². The van der Waals surface area contributed by atoms with Gasteiger partial charge in [-0.15, -0.1) is 0 Å². The van der Waals surface area contributed by atoms with Gasteiger partial charge in [-0.3, -0.25) is 9.78 Å². The van der Waals surface area contributed by atoms with Crippen molar-refractivity contribution in [3.8, 4) is 0 Å². The van der Waals surface area contributed by atoms with Crippen molar-refractivity contribution in [1.29, 1.82) is 0 Å². The molecule has 2 heterocycles. The Kier molecular flexibility index (Phi) is 3.89. The highest BCUT2D eigenvalue weighted by atomic mass is 16.2. The van der Waals surface area contributed by atoms with Crippen LogP contribution in [0.5, 0.6) is 0 Å². The van der Waals surface area contributed by atoms with E-state index in [4.69, 9.17) is 0 Å². The Morgan fingerprint density at radius 3 is 2.68 bits per heavy atom. The lowest BCUT2D eigenvalue weighted by Gasteiger charge is -2.15. The second-order valence-corrected chi connectivity index (χ2v) is 4.45. The van der Waals surface area contributed by atoms with Crippen LogP contribution in [0, 0.1) is 13.8 Å². The molecule has 2 aromatic rings. The number of carbonyl (C=O) groups excluding carboxylic acids is 1. The molecule has 0 fully saturated rings. The van der Waals surface area contributed by atoms with E-state index in [1.54, 1.807) is 13.1 Å². The van der Waals surface area contributed by atoms with Gasteiger partial charge in [0.2, 0.25) is 0 Å². The summed E-state index contributed by atoms with van der Waals surface area (Å²) in [6, 6.07) is 3.79. The van der Waals surface area contributed by atoms with Gasteiger partial charge in [0.25, 0.3) is 5.91 Å². The molecule has 0 aliphatic carbocycles. The molecule has 0 radical (unpaired) electrons. The average molecular weight is 259 g/mol. The van der Waals surface area contributed by atoms with Crippen LogP contribution < -0.4 is 5.32 Å². The van der Waals surface area contributed by atoms with E-state index in [1.165, 1.54) is 0 Å². The minimum Gasteiger partial charge on any atom is -0.342 e. The SMILES string of the molecule is CC[C@H](NC(=O)c1n[nH]nc1C)c1ccc(C)cn1. The summed E-state index contributed by atoms with van der Waals surface area (Å²) in [7, 11) is 0. The fourth-order valence-corrected chi connectivity index (χ4v) is 1.80. The van der Waals surface area contributed by atoms with Crippen molar-refractivity contribution in [3.63, 3.8) is 0 Å². The standard InChI is InChI=1S/C13H17N5O/c1-4-10(11-6-5-8(2)7-14-11)15-13(19)12-9(3)16-18-17-12/h5-7,10H,4H2,1-3H3,(H,15,19)(H,16,17,18)/t10-/m0/s1. The van der Waals surface area contributed by atoms with Gasteiger partial charge in [-0.2, -0.15) is 15.4 Å². The Hall–Kier alpha value is -2.24. The number of nitrogens with zero attached hydrogens (tertiary/aromatic N) is 3. The highest BCUT2D eigenvalue weighted by molar-refractivity contribution is 5.93. The van der Waals surface area contributed by atoms with Gasteiger partial charge in [0.1, 0.15) is 0 Å². The monoisotopic (exact) mass is 259 g/mol. The summed E-state index contributed by atoms with van der Waals surface area (Å²) in [6.07, 6.45) is 2.56. The van der Waals surface area contributed by atoms with E-state index < -0.39 is 0 Å². The molecule has 0 bridgehead atoms. The molecule has 100 valence electrons. The molecule has 1 amide bonds. The number of hydrogen-bond acceptors (Lipinski definition) is 4. The zero-order valence-electron chi connectivity index (χ0n) is 11.3. The van der Waals surface area contributed by atoms with E-state index >= 15 is 0 Å². The van der Waals surface area contributed by atoms with Crippen LogP contribution in [0.15, 0.2) is 18.3 Å². The zero-order chi connectivity index (χ0) is 13.8. The first kappa shape index (κ1) is 13.2. The maximum absolute atomic E-state index is 12.1. The molecule has 0 saturated carbocycles. The van der Waals surface area contributed by atoms with Crippen LogP contribution in [0.25, 0.3) is 0 Å². The van der Waals surface area contributed by atoms with Gasteiger partial charge in [-0.1, -0.05) is 13.0 Å². The van der Waals surface area contributed by atoms with Gasteiger partial charge in [-0.05, 0) is 31.9 Å². The van der Waals surface area contributed by atoms with Crippen LogP contribution in [0.3, 0.4) is 0 Å². The Labute approximate surface area is 111 Å². The van der Waals surface area contributed by atoms with E-state index in [-0.39, 0.29) is 11.9 Å². The third kappa shape index (κ3) is 2.96. The number of pyridine rings is 1. The number of aromatic nitrogens is 4. The van der Waals surface area contributed by atoms with E-state index in [9.17, 15) is 4.79 Å². The Morgan fingerprint density at radius 1 is 1.37 bits per heavy atom. The van der Waals surface area contributed by atoms with Crippen LogP contribution in [0.4, 0.5) is 0 Å². The molecule has 0 aromatic carbocycles. The molecular weight excluding hydrogens is 242 g/mol. The van der Waals surface area contributed by atoms with E-state index in [0.717, 1.165) is 17.7 Å². The second-order valence-electron chi connectivity index (χ2n) is 4.45. The maximum atomic E-state index is 12.1. The molecule has 0 spiro atoms. The first-order valence-corrected chi connectivity index (χ1v) is 6.22. The average Bonchev–Trinajstić information content (AvgIpc) is 2.83. The van der Waals surface area contributed by atoms with Crippen LogP contribution in [0.1, 0.15) is 46.8 Å². The second kappa shape index (κ2) is 5.60.